The second-order valence-electron chi connectivity index (χ2n) is 7.50. The van der Waals surface area contributed by atoms with Gasteiger partial charge < -0.3 is 15.4 Å². The zero-order valence-electron chi connectivity index (χ0n) is 17.8. The number of hydrogen-bond acceptors (Lipinski definition) is 2. The Morgan fingerprint density at radius 2 is 1.87 bits per heavy atom. The van der Waals surface area contributed by atoms with Crippen LogP contribution in [0.2, 0.25) is 0 Å². The van der Waals surface area contributed by atoms with Crippen LogP contribution >= 0.6 is 0 Å². The molecule has 0 aliphatic rings. The van der Waals surface area contributed by atoms with Crippen LogP contribution in [0, 0.1) is 25.5 Å². The first kappa shape index (κ1) is 22.2. The lowest BCUT2D eigenvalue weighted by Crippen LogP contribution is -2.39. The molecule has 3 aromatic rings. The largest absolute Gasteiger partial charge is 0.480 e. The highest BCUT2D eigenvalue weighted by atomic mass is 19.1. The van der Waals surface area contributed by atoms with Gasteiger partial charge in [0.2, 0.25) is 5.91 Å². The number of H-pyrrole nitrogens is 1. The molecule has 162 valence electrons. The fourth-order valence-electron chi connectivity index (χ4n) is 3.52. The molecule has 0 unspecified atom stereocenters. The van der Waals surface area contributed by atoms with Gasteiger partial charge in [0, 0.05) is 28.4 Å². The van der Waals surface area contributed by atoms with Gasteiger partial charge in [0.25, 0.3) is 0 Å². The van der Waals surface area contributed by atoms with Gasteiger partial charge in [0.1, 0.15) is 17.7 Å². The summed E-state index contributed by atoms with van der Waals surface area (Å²) in [5, 5.41) is 12.2. The molecule has 3 rings (SSSR count). The molecule has 0 saturated carbocycles. The van der Waals surface area contributed by atoms with E-state index in [-0.39, 0.29) is 34.2 Å². The molecule has 0 aliphatic heterocycles. The summed E-state index contributed by atoms with van der Waals surface area (Å²) in [6.07, 6.45) is 3.30. The van der Waals surface area contributed by atoms with Crippen molar-refractivity contribution in [3.05, 3.63) is 64.4 Å². The number of aliphatic carboxylic acids is 1. The number of nitrogens with one attached hydrogen (secondary N) is 2. The van der Waals surface area contributed by atoms with Crippen LogP contribution in [0.15, 0.2) is 36.0 Å². The molecular weight excluding hydrogens is 402 g/mol. The van der Waals surface area contributed by atoms with Gasteiger partial charge in [-0.3, -0.25) is 9.59 Å². The molecule has 3 N–H and O–H groups in total. The molecule has 0 spiro atoms. The number of carbonyl (C=O) groups excluding carboxylic acids is 1. The van der Waals surface area contributed by atoms with Crippen molar-refractivity contribution in [2.45, 2.75) is 40.2 Å². The highest BCUT2D eigenvalue weighted by Crippen LogP contribution is 2.35. The Kier molecular flexibility index (Phi) is 6.24. The highest BCUT2D eigenvalue weighted by Gasteiger charge is 2.22. The second kappa shape index (κ2) is 8.71. The number of fused-ring (bicyclic) bond motifs is 1. The van der Waals surface area contributed by atoms with Crippen LogP contribution in [-0.4, -0.2) is 28.0 Å². The van der Waals surface area contributed by atoms with Gasteiger partial charge in [-0.2, -0.15) is 0 Å². The first-order valence-corrected chi connectivity index (χ1v) is 9.95. The molecule has 0 radical (unpaired) electrons. The van der Waals surface area contributed by atoms with Crippen LogP contribution in [0.25, 0.3) is 28.1 Å². The Morgan fingerprint density at radius 1 is 1.16 bits per heavy atom. The number of carbonyl (C=O) groups is 2. The number of aromatic nitrogens is 1. The summed E-state index contributed by atoms with van der Waals surface area (Å²) in [7, 11) is 0. The molecule has 0 saturated heterocycles. The van der Waals surface area contributed by atoms with E-state index >= 15 is 8.78 Å². The molecule has 1 amide bonds. The average molecular weight is 426 g/mol. The number of aromatic amines is 1. The van der Waals surface area contributed by atoms with Gasteiger partial charge in [-0.1, -0.05) is 13.0 Å². The van der Waals surface area contributed by atoms with Crippen molar-refractivity contribution < 1.29 is 23.5 Å². The summed E-state index contributed by atoms with van der Waals surface area (Å²) >= 11 is 0. The van der Waals surface area contributed by atoms with Crippen LogP contribution in [0.5, 0.6) is 0 Å². The highest BCUT2D eigenvalue weighted by molar-refractivity contribution is 6.00. The number of hydrogen-bond donors (Lipinski definition) is 3. The summed E-state index contributed by atoms with van der Waals surface area (Å²) < 4.78 is 30.8. The molecule has 0 fully saturated rings. The van der Waals surface area contributed by atoms with Crippen molar-refractivity contribution in [2.24, 2.45) is 0 Å². The quantitative estimate of drug-likeness (QED) is 0.479. The molecule has 2 aromatic carbocycles. The molecule has 0 aliphatic carbocycles. The third-order valence-corrected chi connectivity index (χ3v) is 5.44. The van der Waals surface area contributed by atoms with E-state index in [1.807, 2.05) is 12.1 Å². The van der Waals surface area contributed by atoms with E-state index in [9.17, 15) is 9.59 Å². The van der Waals surface area contributed by atoms with E-state index in [4.69, 9.17) is 5.11 Å². The number of rotatable bonds is 6. The molecule has 1 atom stereocenters. The van der Waals surface area contributed by atoms with Crippen molar-refractivity contribution in [2.75, 3.05) is 0 Å². The average Bonchev–Trinajstić information content (AvgIpc) is 3.20. The lowest BCUT2D eigenvalue weighted by molar-refractivity contribution is -0.140. The maximum absolute atomic E-state index is 15.4. The molecule has 5 nitrogen and oxygen atoms in total. The third-order valence-electron chi connectivity index (χ3n) is 5.44. The van der Waals surface area contributed by atoms with Gasteiger partial charge >= 0.3 is 5.97 Å². The lowest BCUT2D eigenvalue weighted by atomic mass is 9.91. The first-order valence-electron chi connectivity index (χ1n) is 9.95. The fourth-order valence-corrected chi connectivity index (χ4v) is 3.52. The standard InChI is InChI=1S/C24H24F2N2O3/c1-5-15(23(29)28-14(4)24(30)31)11-18-12(2)22(26)20(13(3)21(18)25)17-6-7-19-16(10-17)8-9-27-19/h6-11,14,27H,5H2,1-4H3,(H,28,29)(H,30,31)/b15-11+/t14-/m1/s1. The lowest BCUT2D eigenvalue weighted by Gasteiger charge is -2.16. The van der Waals surface area contributed by atoms with Crippen molar-refractivity contribution >= 4 is 28.9 Å². The summed E-state index contributed by atoms with van der Waals surface area (Å²) in [6, 6.07) is 6.10. The predicted molar refractivity (Wildman–Crippen MR) is 117 cm³/mol. The SMILES string of the molecule is CC/C(=C\c1c(C)c(F)c(-c2ccc3[nH]ccc3c2)c(C)c1F)C(=O)N[C@H](C)C(=O)O. The number of benzene rings is 2. The molecule has 1 heterocycles. The fraction of sp³-hybridized carbons (Fsp3) is 0.250. The van der Waals surface area contributed by atoms with E-state index in [0.717, 1.165) is 10.9 Å². The van der Waals surface area contributed by atoms with E-state index in [0.29, 0.717) is 5.56 Å². The minimum atomic E-state index is -1.18. The third kappa shape index (κ3) is 4.21. The molecule has 31 heavy (non-hydrogen) atoms. The van der Waals surface area contributed by atoms with Crippen molar-refractivity contribution in [1.29, 1.82) is 0 Å². The molecule has 1 aromatic heterocycles. The Morgan fingerprint density at radius 3 is 2.52 bits per heavy atom. The van der Waals surface area contributed by atoms with Crippen molar-refractivity contribution in [3.8, 4) is 11.1 Å². The minimum absolute atomic E-state index is 0.0172. The Bertz CT molecular complexity index is 1180. The van der Waals surface area contributed by atoms with Crippen LogP contribution in [-0.2, 0) is 9.59 Å². The minimum Gasteiger partial charge on any atom is -0.480 e. The van der Waals surface area contributed by atoms with Gasteiger partial charge in [0.05, 0.1) is 0 Å². The van der Waals surface area contributed by atoms with Crippen molar-refractivity contribution in [1.82, 2.24) is 10.3 Å². The molecule has 7 heteroatoms. The Balaban J connectivity index is 2.09. The van der Waals surface area contributed by atoms with E-state index in [1.165, 1.54) is 26.8 Å². The summed E-state index contributed by atoms with van der Waals surface area (Å²) in [4.78, 5) is 26.5. The van der Waals surface area contributed by atoms with E-state index in [1.54, 1.807) is 25.3 Å². The van der Waals surface area contributed by atoms with Crippen LogP contribution in [0.4, 0.5) is 8.78 Å². The van der Waals surface area contributed by atoms with E-state index in [2.05, 4.69) is 10.3 Å². The van der Waals surface area contributed by atoms with Gasteiger partial charge in [0.15, 0.2) is 0 Å². The molecular formula is C24H24F2N2O3. The Hall–Kier alpha value is -3.48. The molecule has 0 bridgehead atoms. The van der Waals surface area contributed by atoms with Gasteiger partial charge in [-0.15, -0.1) is 0 Å². The van der Waals surface area contributed by atoms with Crippen LogP contribution < -0.4 is 5.32 Å². The Labute approximate surface area is 178 Å². The normalized spacial score (nSPS) is 12.8. The predicted octanol–water partition coefficient (Wildman–Crippen LogP) is 5.11. The summed E-state index contributed by atoms with van der Waals surface area (Å²) in [6.45, 7) is 5.99. The van der Waals surface area contributed by atoms with Gasteiger partial charge in [-0.25, -0.2) is 8.78 Å². The zero-order chi connectivity index (χ0) is 22.9. The van der Waals surface area contributed by atoms with Gasteiger partial charge in [-0.05, 0) is 73.5 Å². The number of carboxylic acid groups (broad SMARTS) is 1. The number of amides is 1. The number of halogens is 2. The zero-order valence-corrected chi connectivity index (χ0v) is 17.8. The second-order valence-corrected chi connectivity index (χ2v) is 7.50. The smallest absolute Gasteiger partial charge is 0.325 e. The van der Waals surface area contributed by atoms with Crippen molar-refractivity contribution in [3.63, 3.8) is 0 Å². The van der Waals surface area contributed by atoms with E-state index < -0.39 is 29.6 Å². The van der Waals surface area contributed by atoms with Crippen LogP contribution in [0.3, 0.4) is 0 Å². The number of carboxylic acids is 1. The monoisotopic (exact) mass is 426 g/mol. The maximum atomic E-state index is 15.4. The first-order chi connectivity index (χ1) is 14.6. The summed E-state index contributed by atoms with van der Waals surface area (Å²) in [5.74, 6) is -2.99. The topological polar surface area (TPSA) is 82.2 Å². The maximum Gasteiger partial charge on any atom is 0.325 e. The summed E-state index contributed by atoms with van der Waals surface area (Å²) in [5.41, 5.74) is 2.00. The van der Waals surface area contributed by atoms with Crippen LogP contribution in [0.1, 0.15) is 37.0 Å².